The van der Waals surface area contributed by atoms with Crippen molar-refractivity contribution in [3.05, 3.63) is 59.2 Å². The zero-order valence-corrected chi connectivity index (χ0v) is 17.5. The fourth-order valence-corrected chi connectivity index (χ4v) is 3.58. The molecule has 0 aromatic heterocycles. The summed E-state index contributed by atoms with van der Waals surface area (Å²) in [6, 6.07) is 11.1. The fourth-order valence-electron chi connectivity index (χ4n) is 3.58. The molecule has 2 aromatic carbocycles. The molecule has 30 heavy (non-hydrogen) atoms. The van der Waals surface area contributed by atoms with Crippen LogP contribution in [-0.4, -0.2) is 43.1 Å². The van der Waals surface area contributed by atoms with Crippen molar-refractivity contribution in [1.29, 1.82) is 0 Å². The van der Waals surface area contributed by atoms with Crippen LogP contribution in [0.25, 0.3) is 0 Å². The Hall–Kier alpha value is -2.70. The Bertz CT molecular complexity index is 890. The molecule has 1 saturated heterocycles. The number of amides is 1. The van der Waals surface area contributed by atoms with Crippen molar-refractivity contribution < 1.29 is 22.7 Å². The molecule has 0 unspecified atom stereocenters. The molecule has 0 spiro atoms. The maximum atomic E-state index is 13.0. The second-order valence-corrected chi connectivity index (χ2v) is 7.57. The van der Waals surface area contributed by atoms with Crippen LogP contribution in [0.3, 0.4) is 0 Å². The lowest BCUT2D eigenvalue weighted by molar-refractivity contribution is -0.139. The van der Waals surface area contributed by atoms with E-state index in [0.717, 1.165) is 23.3 Å². The van der Waals surface area contributed by atoms with Crippen molar-refractivity contribution in [2.24, 2.45) is 0 Å². The lowest BCUT2D eigenvalue weighted by Crippen LogP contribution is -2.52. The molecule has 1 aliphatic rings. The molecular weight excluding hydrogens is 393 g/mol. The van der Waals surface area contributed by atoms with E-state index in [9.17, 15) is 18.0 Å². The Morgan fingerprint density at radius 2 is 1.73 bits per heavy atom. The van der Waals surface area contributed by atoms with Gasteiger partial charge in [0, 0.05) is 31.9 Å². The van der Waals surface area contributed by atoms with E-state index in [-0.39, 0.29) is 5.91 Å². The number of hydrogen-bond donors (Lipinski definition) is 0. The van der Waals surface area contributed by atoms with Crippen LogP contribution in [0.15, 0.2) is 42.5 Å². The van der Waals surface area contributed by atoms with E-state index < -0.39 is 17.8 Å². The largest absolute Gasteiger partial charge is 0.480 e. The van der Waals surface area contributed by atoms with Crippen molar-refractivity contribution in [3.8, 4) is 5.75 Å². The van der Waals surface area contributed by atoms with Gasteiger partial charge in [0.25, 0.3) is 5.91 Å². The summed E-state index contributed by atoms with van der Waals surface area (Å²) in [4.78, 5) is 16.6. The quantitative estimate of drug-likeness (QED) is 0.695. The average Bonchev–Trinajstić information content (AvgIpc) is 2.74. The van der Waals surface area contributed by atoms with E-state index in [4.69, 9.17) is 4.74 Å². The van der Waals surface area contributed by atoms with Crippen LogP contribution < -0.4 is 9.64 Å². The minimum Gasteiger partial charge on any atom is -0.480 e. The van der Waals surface area contributed by atoms with Gasteiger partial charge in [0.15, 0.2) is 6.10 Å². The van der Waals surface area contributed by atoms with Gasteiger partial charge in [-0.3, -0.25) is 4.79 Å². The van der Waals surface area contributed by atoms with Crippen LogP contribution in [0.1, 0.15) is 30.0 Å². The third-order valence-electron chi connectivity index (χ3n) is 5.60. The molecule has 1 atom stereocenters. The van der Waals surface area contributed by atoms with Crippen molar-refractivity contribution in [2.45, 2.75) is 39.5 Å². The van der Waals surface area contributed by atoms with Gasteiger partial charge in [-0.05, 0) is 55.7 Å². The molecule has 0 bridgehead atoms. The molecule has 1 aliphatic heterocycles. The Labute approximate surface area is 175 Å². The number of rotatable bonds is 5. The maximum absolute atomic E-state index is 13.0. The molecule has 1 heterocycles. The van der Waals surface area contributed by atoms with Gasteiger partial charge in [0.05, 0.1) is 5.56 Å². The molecule has 0 radical (unpaired) electrons. The van der Waals surface area contributed by atoms with E-state index in [1.807, 2.05) is 43.9 Å². The van der Waals surface area contributed by atoms with Crippen molar-refractivity contribution in [2.75, 3.05) is 31.1 Å². The lowest BCUT2D eigenvalue weighted by atomic mass is 10.1. The predicted octanol–water partition coefficient (Wildman–Crippen LogP) is 4.83. The SMILES string of the molecule is CC[C@@H](Oc1cccc(C)c1C)C(=O)N1CCN(c2cccc(C(F)(F)F)c2)CC1. The number of nitrogens with zero attached hydrogens (tertiary/aromatic N) is 2. The van der Waals surface area contributed by atoms with E-state index in [1.165, 1.54) is 6.07 Å². The Morgan fingerprint density at radius 3 is 2.37 bits per heavy atom. The van der Waals surface area contributed by atoms with Crippen LogP contribution in [0, 0.1) is 13.8 Å². The minimum absolute atomic E-state index is 0.0814. The van der Waals surface area contributed by atoms with E-state index in [2.05, 4.69) is 0 Å². The molecule has 3 rings (SSSR count). The molecule has 0 saturated carbocycles. The Morgan fingerprint density at radius 1 is 1.07 bits per heavy atom. The summed E-state index contributed by atoms with van der Waals surface area (Å²) in [7, 11) is 0. The molecule has 1 fully saturated rings. The molecule has 4 nitrogen and oxygen atoms in total. The van der Waals surface area contributed by atoms with Crippen molar-refractivity contribution in [1.82, 2.24) is 4.90 Å². The van der Waals surface area contributed by atoms with Crippen LogP contribution in [0.5, 0.6) is 5.75 Å². The van der Waals surface area contributed by atoms with Gasteiger partial charge in [0.1, 0.15) is 5.75 Å². The highest BCUT2D eigenvalue weighted by molar-refractivity contribution is 5.81. The third-order valence-corrected chi connectivity index (χ3v) is 5.60. The summed E-state index contributed by atoms with van der Waals surface area (Å²) in [5.74, 6) is 0.625. The number of halogens is 3. The monoisotopic (exact) mass is 420 g/mol. The zero-order valence-electron chi connectivity index (χ0n) is 17.5. The van der Waals surface area contributed by atoms with Crippen molar-refractivity contribution in [3.63, 3.8) is 0 Å². The van der Waals surface area contributed by atoms with E-state index in [1.54, 1.807) is 11.0 Å². The fraction of sp³-hybridized carbons (Fsp3) is 0.435. The minimum atomic E-state index is -4.37. The molecule has 1 amide bonds. The number of anilines is 1. The molecule has 7 heteroatoms. The second kappa shape index (κ2) is 8.98. The first kappa shape index (κ1) is 22.0. The molecule has 162 valence electrons. The molecular formula is C23H27F3N2O2. The number of carbonyl (C=O) groups excluding carboxylic acids is 1. The van der Waals surface area contributed by atoms with Crippen LogP contribution in [0.2, 0.25) is 0 Å². The Kier molecular flexibility index (Phi) is 6.58. The number of hydrogen-bond acceptors (Lipinski definition) is 3. The highest BCUT2D eigenvalue weighted by Crippen LogP contribution is 2.32. The average molecular weight is 420 g/mol. The zero-order chi connectivity index (χ0) is 21.9. The predicted molar refractivity (Wildman–Crippen MR) is 111 cm³/mol. The van der Waals surface area contributed by atoms with E-state index >= 15 is 0 Å². The third kappa shape index (κ3) is 4.89. The van der Waals surface area contributed by atoms with Crippen LogP contribution in [0.4, 0.5) is 18.9 Å². The topological polar surface area (TPSA) is 32.8 Å². The number of ether oxygens (including phenoxy) is 1. The van der Waals surface area contributed by atoms with Crippen LogP contribution in [-0.2, 0) is 11.0 Å². The first-order chi connectivity index (χ1) is 14.2. The van der Waals surface area contributed by atoms with Gasteiger partial charge < -0.3 is 14.5 Å². The molecule has 2 aromatic rings. The normalized spacial score (nSPS) is 15.8. The van der Waals surface area contributed by atoms with Crippen LogP contribution >= 0.6 is 0 Å². The smallest absolute Gasteiger partial charge is 0.416 e. The standard InChI is InChI=1S/C23H27F3N2O2/c1-4-20(30-21-10-5-7-16(2)17(21)3)22(29)28-13-11-27(12-14-28)19-9-6-8-18(15-19)23(24,25)26/h5-10,15,20H,4,11-14H2,1-3H3/t20-/m1/s1. The van der Waals surface area contributed by atoms with Gasteiger partial charge >= 0.3 is 6.18 Å². The summed E-state index contributed by atoms with van der Waals surface area (Å²) in [5.41, 5.74) is 1.98. The number of benzene rings is 2. The highest BCUT2D eigenvalue weighted by atomic mass is 19.4. The van der Waals surface area contributed by atoms with Gasteiger partial charge in [-0.25, -0.2) is 0 Å². The number of piperazine rings is 1. The summed E-state index contributed by atoms with van der Waals surface area (Å²) in [5, 5.41) is 0. The van der Waals surface area contributed by atoms with E-state index in [0.29, 0.717) is 44.0 Å². The summed E-state index contributed by atoms with van der Waals surface area (Å²) in [6.45, 7) is 7.73. The summed E-state index contributed by atoms with van der Waals surface area (Å²) >= 11 is 0. The summed E-state index contributed by atoms with van der Waals surface area (Å²) < 4.78 is 45.0. The first-order valence-corrected chi connectivity index (χ1v) is 10.1. The summed E-state index contributed by atoms with van der Waals surface area (Å²) in [6.07, 6.45) is -4.40. The van der Waals surface area contributed by atoms with Gasteiger partial charge in [-0.2, -0.15) is 13.2 Å². The molecule has 0 N–H and O–H groups in total. The van der Waals surface area contributed by atoms with Gasteiger partial charge in [-0.15, -0.1) is 0 Å². The highest BCUT2D eigenvalue weighted by Gasteiger charge is 2.32. The first-order valence-electron chi connectivity index (χ1n) is 10.1. The lowest BCUT2D eigenvalue weighted by Gasteiger charge is -2.37. The number of carbonyl (C=O) groups is 1. The maximum Gasteiger partial charge on any atom is 0.416 e. The number of alkyl halides is 3. The van der Waals surface area contributed by atoms with Gasteiger partial charge in [0.2, 0.25) is 0 Å². The number of aryl methyl sites for hydroxylation is 1. The second-order valence-electron chi connectivity index (χ2n) is 7.57. The Balaban J connectivity index is 1.63. The molecule has 0 aliphatic carbocycles. The van der Waals surface area contributed by atoms with Gasteiger partial charge in [-0.1, -0.05) is 25.1 Å². The van der Waals surface area contributed by atoms with Crippen molar-refractivity contribution >= 4 is 11.6 Å².